The molecule has 1 aromatic carbocycles. The van der Waals surface area contributed by atoms with Gasteiger partial charge in [-0.15, -0.1) is 5.10 Å². The van der Waals surface area contributed by atoms with Gasteiger partial charge in [0.05, 0.1) is 11.4 Å². The van der Waals surface area contributed by atoms with Crippen LogP contribution in [-0.2, 0) is 0 Å². The number of rotatable bonds is 1. The van der Waals surface area contributed by atoms with Crippen molar-refractivity contribution in [3.8, 4) is 11.4 Å². The summed E-state index contributed by atoms with van der Waals surface area (Å²) in [6.45, 7) is 5.79. The van der Waals surface area contributed by atoms with Gasteiger partial charge in [0.1, 0.15) is 0 Å². The molecular formula is C12H14N4. The SMILES string of the molecule is Cc1cc(-c2nnc(C)c(C)n2)ccc1N. The normalized spacial score (nSPS) is 10.4. The minimum absolute atomic E-state index is 0.645. The summed E-state index contributed by atoms with van der Waals surface area (Å²) in [5.41, 5.74) is 10.3. The molecule has 2 N–H and O–H groups in total. The monoisotopic (exact) mass is 214 g/mol. The van der Waals surface area contributed by atoms with Crippen molar-refractivity contribution in [2.24, 2.45) is 0 Å². The van der Waals surface area contributed by atoms with E-state index in [0.29, 0.717) is 5.82 Å². The fourth-order valence-electron chi connectivity index (χ4n) is 1.39. The first-order valence-corrected chi connectivity index (χ1v) is 5.12. The third-order valence-corrected chi connectivity index (χ3v) is 2.62. The van der Waals surface area contributed by atoms with E-state index in [4.69, 9.17) is 5.73 Å². The molecule has 0 aliphatic rings. The van der Waals surface area contributed by atoms with Crippen molar-refractivity contribution >= 4 is 5.69 Å². The van der Waals surface area contributed by atoms with Gasteiger partial charge in [-0.25, -0.2) is 4.98 Å². The lowest BCUT2D eigenvalue weighted by atomic mass is 10.1. The van der Waals surface area contributed by atoms with Gasteiger partial charge < -0.3 is 5.73 Å². The van der Waals surface area contributed by atoms with Gasteiger partial charge in [-0.1, -0.05) is 0 Å². The molecule has 0 fully saturated rings. The average Bonchev–Trinajstić information content (AvgIpc) is 2.26. The summed E-state index contributed by atoms with van der Waals surface area (Å²) >= 11 is 0. The molecule has 1 heterocycles. The van der Waals surface area contributed by atoms with E-state index in [1.54, 1.807) is 0 Å². The Hall–Kier alpha value is -1.97. The van der Waals surface area contributed by atoms with E-state index in [9.17, 15) is 0 Å². The number of benzene rings is 1. The molecule has 0 aliphatic carbocycles. The number of nitrogens with zero attached hydrogens (tertiary/aromatic N) is 3. The first-order chi connectivity index (χ1) is 7.58. The van der Waals surface area contributed by atoms with Crippen LogP contribution in [0.2, 0.25) is 0 Å². The molecule has 2 rings (SSSR count). The molecule has 0 saturated heterocycles. The zero-order valence-electron chi connectivity index (χ0n) is 9.65. The van der Waals surface area contributed by atoms with E-state index < -0.39 is 0 Å². The summed E-state index contributed by atoms with van der Waals surface area (Å²) in [6, 6.07) is 5.75. The van der Waals surface area contributed by atoms with Crippen molar-refractivity contribution in [2.75, 3.05) is 5.73 Å². The van der Waals surface area contributed by atoms with E-state index in [2.05, 4.69) is 15.2 Å². The third-order valence-electron chi connectivity index (χ3n) is 2.62. The largest absolute Gasteiger partial charge is 0.399 e. The Morgan fingerprint density at radius 1 is 1.00 bits per heavy atom. The van der Waals surface area contributed by atoms with Crippen LogP contribution in [0.25, 0.3) is 11.4 Å². The molecule has 0 spiro atoms. The van der Waals surface area contributed by atoms with Gasteiger partial charge in [0.2, 0.25) is 0 Å². The molecule has 4 heteroatoms. The fourth-order valence-corrected chi connectivity index (χ4v) is 1.39. The van der Waals surface area contributed by atoms with Crippen LogP contribution in [0.3, 0.4) is 0 Å². The van der Waals surface area contributed by atoms with Crippen LogP contribution >= 0.6 is 0 Å². The maximum Gasteiger partial charge on any atom is 0.182 e. The number of hydrogen-bond donors (Lipinski definition) is 1. The molecule has 16 heavy (non-hydrogen) atoms. The van der Waals surface area contributed by atoms with Gasteiger partial charge in [0.15, 0.2) is 5.82 Å². The van der Waals surface area contributed by atoms with Crippen molar-refractivity contribution < 1.29 is 0 Å². The number of anilines is 1. The Labute approximate surface area is 94.6 Å². The topological polar surface area (TPSA) is 64.7 Å². The highest BCUT2D eigenvalue weighted by molar-refractivity contribution is 5.61. The molecule has 2 aromatic rings. The van der Waals surface area contributed by atoms with Crippen LogP contribution in [0.1, 0.15) is 17.0 Å². The number of nitrogens with two attached hydrogens (primary N) is 1. The number of nitrogen functional groups attached to an aromatic ring is 1. The second kappa shape index (κ2) is 3.89. The van der Waals surface area contributed by atoms with Crippen molar-refractivity contribution in [3.05, 3.63) is 35.2 Å². The molecule has 4 nitrogen and oxygen atoms in total. The Bertz CT molecular complexity index is 485. The quantitative estimate of drug-likeness (QED) is 0.738. The number of aromatic nitrogens is 3. The minimum Gasteiger partial charge on any atom is -0.399 e. The lowest BCUT2D eigenvalue weighted by Crippen LogP contribution is -1.99. The molecule has 82 valence electrons. The van der Waals surface area contributed by atoms with E-state index in [1.807, 2.05) is 39.0 Å². The first kappa shape index (κ1) is 10.5. The van der Waals surface area contributed by atoms with Crippen LogP contribution in [0.15, 0.2) is 18.2 Å². The second-order valence-electron chi connectivity index (χ2n) is 3.88. The molecule has 0 unspecified atom stereocenters. The summed E-state index contributed by atoms with van der Waals surface area (Å²) in [5.74, 6) is 0.645. The molecule has 0 amide bonds. The van der Waals surface area contributed by atoms with Gasteiger partial charge in [-0.05, 0) is 44.5 Å². The highest BCUT2D eigenvalue weighted by atomic mass is 15.2. The average molecular weight is 214 g/mol. The van der Waals surface area contributed by atoms with Crippen molar-refractivity contribution in [1.82, 2.24) is 15.2 Å². The summed E-state index contributed by atoms with van der Waals surface area (Å²) in [7, 11) is 0. The predicted molar refractivity (Wildman–Crippen MR) is 63.9 cm³/mol. The Kier molecular flexibility index (Phi) is 2.56. The Morgan fingerprint density at radius 2 is 1.75 bits per heavy atom. The molecule has 0 bridgehead atoms. The summed E-state index contributed by atoms with van der Waals surface area (Å²) < 4.78 is 0. The molecule has 0 radical (unpaired) electrons. The molecule has 0 saturated carbocycles. The van der Waals surface area contributed by atoms with E-state index in [-0.39, 0.29) is 0 Å². The predicted octanol–water partition coefficient (Wildman–Crippen LogP) is 2.05. The van der Waals surface area contributed by atoms with Gasteiger partial charge >= 0.3 is 0 Å². The van der Waals surface area contributed by atoms with Gasteiger partial charge in [-0.3, -0.25) is 0 Å². The third kappa shape index (κ3) is 1.86. The maximum atomic E-state index is 5.76. The Morgan fingerprint density at radius 3 is 2.38 bits per heavy atom. The van der Waals surface area contributed by atoms with Crippen LogP contribution in [0.5, 0.6) is 0 Å². The lowest BCUT2D eigenvalue weighted by molar-refractivity contribution is 0.904. The highest BCUT2D eigenvalue weighted by Gasteiger charge is 2.05. The summed E-state index contributed by atoms with van der Waals surface area (Å²) in [6.07, 6.45) is 0. The second-order valence-corrected chi connectivity index (χ2v) is 3.88. The maximum absolute atomic E-state index is 5.76. The Balaban J connectivity index is 2.50. The highest BCUT2D eigenvalue weighted by Crippen LogP contribution is 2.20. The molecule has 0 aliphatic heterocycles. The number of aryl methyl sites for hydroxylation is 3. The van der Waals surface area contributed by atoms with Crippen LogP contribution in [0, 0.1) is 20.8 Å². The van der Waals surface area contributed by atoms with Gasteiger partial charge in [0.25, 0.3) is 0 Å². The standard InChI is InChI=1S/C12H14N4/c1-7-6-10(4-5-11(7)13)12-14-8(2)9(3)15-16-12/h4-6H,13H2,1-3H3. The lowest BCUT2D eigenvalue weighted by Gasteiger charge is -2.05. The summed E-state index contributed by atoms with van der Waals surface area (Å²) in [4.78, 5) is 4.40. The van der Waals surface area contributed by atoms with Crippen molar-refractivity contribution in [2.45, 2.75) is 20.8 Å². The van der Waals surface area contributed by atoms with Crippen molar-refractivity contribution in [1.29, 1.82) is 0 Å². The smallest absolute Gasteiger partial charge is 0.182 e. The van der Waals surface area contributed by atoms with Crippen LogP contribution in [-0.4, -0.2) is 15.2 Å². The fraction of sp³-hybridized carbons (Fsp3) is 0.250. The molecule has 1 aromatic heterocycles. The van der Waals surface area contributed by atoms with E-state index >= 15 is 0 Å². The summed E-state index contributed by atoms with van der Waals surface area (Å²) in [5, 5.41) is 8.14. The zero-order chi connectivity index (χ0) is 11.7. The minimum atomic E-state index is 0.645. The first-order valence-electron chi connectivity index (χ1n) is 5.12. The number of hydrogen-bond acceptors (Lipinski definition) is 4. The van der Waals surface area contributed by atoms with E-state index in [0.717, 1.165) is 28.2 Å². The van der Waals surface area contributed by atoms with Gasteiger partial charge in [0, 0.05) is 11.3 Å². The van der Waals surface area contributed by atoms with Crippen LogP contribution in [0.4, 0.5) is 5.69 Å². The molecular weight excluding hydrogens is 200 g/mol. The van der Waals surface area contributed by atoms with Crippen molar-refractivity contribution in [3.63, 3.8) is 0 Å². The van der Waals surface area contributed by atoms with Gasteiger partial charge in [-0.2, -0.15) is 5.10 Å². The van der Waals surface area contributed by atoms with E-state index in [1.165, 1.54) is 0 Å². The molecule has 0 atom stereocenters. The zero-order valence-corrected chi connectivity index (χ0v) is 9.65. The van der Waals surface area contributed by atoms with Crippen LogP contribution < -0.4 is 5.73 Å².